The van der Waals surface area contributed by atoms with Crippen molar-refractivity contribution in [3.05, 3.63) is 48.0 Å². The van der Waals surface area contributed by atoms with Gasteiger partial charge in [0.1, 0.15) is 16.7 Å². The molecule has 28 heavy (non-hydrogen) atoms. The summed E-state index contributed by atoms with van der Waals surface area (Å²) in [6, 6.07) is 11.5. The fraction of sp³-hybridized carbons (Fsp3) is 0.250. The minimum absolute atomic E-state index is 0.0588. The van der Waals surface area contributed by atoms with E-state index in [1.807, 2.05) is 13.8 Å². The average molecular weight is 400 g/mol. The predicted octanol–water partition coefficient (Wildman–Crippen LogP) is 3.70. The number of hydrogen-bond donors (Lipinski definition) is 2. The van der Waals surface area contributed by atoms with Crippen LogP contribution < -0.4 is 15.0 Å². The summed E-state index contributed by atoms with van der Waals surface area (Å²) < 4.78 is 5.36. The molecule has 1 saturated heterocycles. The summed E-state index contributed by atoms with van der Waals surface area (Å²) in [5.74, 6) is -0.306. The highest BCUT2D eigenvalue weighted by atomic mass is 32.2. The Hall–Kier alpha value is -3.00. The molecule has 1 unspecified atom stereocenters. The molecule has 1 aliphatic heterocycles. The van der Waals surface area contributed by atoms with Gasteiger partial charge in [-0.05, 0) is 67.6 Å². The van der Waals surface area contributed by atoms with Crippen molar-refractivity contribution in [1.29, 1.82) is 0 Å². The van der Waals surface area contributed by atoms with Crippen LogP contribution in [0.15, 0.2) is 42.5 Å². The average Bonchev–Trinajstić information content (AvgIpc) is 2.92. The lowest BCUT2D eigenvalue weighted by molar-refractivity contribution is -0.121. The Morgan fingerprint density at radius 2 is 1.93 bits per heavy atom. The number of nitrogens with one attached hydrogen (secondary N) is 1. The second kappa shape index (κ2) is 8.35. The zero-order chi connectivity index (χ0) is 20.3. The van der Waals surface area contributed by atoms with Crippen molar-refractivity contribution in [2.24, 2.45) is 0 Å². The molecular weight excluding hydrogens is 380 g/mol. The summed E-state index contributed by atoms with van der Waals surface area (Å²) in [5, 5.41) is 11.2. The minimum atomic E-state index is -0.814. The summed E-state index contributed by atoms with van der Waals surface area (Å²) in [4.78, 5) is 38.4. The molecule has 0 spiro atoms. The SMILES string of the molecule is CCOc1ccc(N2C(=O)SC(CC(=O)Nc3cc(C)ccc3O)C2=O)cc1. The fourth-order valence-corrected chi connectivity index (χ4v) is 3.78. The van der Waals surface area contributed by atoms with E-state index in [-0.39, 0.29) is 17.9 Å². The number of carbonyl (C=O) groups is 3. The largest absolute Gasteiger partial charge is 0.506 e. The fourth-order valence-electron chi connectivity index (χ4n) is 2.80. The second-order valence-electron chi connectivity index (χ2n) is 6.25. The van der Waals surface area contributed by atoms with E-state index in [0.29, 0.717) is 18.0 Å². The first-order chi connectivity index (χ1) is 13.4. The van der Waals surface area contributed by atoms with Gasteiger partial charge in [-0.1, -0.05) is 6.07 Å². The first-order valence-electron chi connectivity index (χ1n) is 8.76. The van der Waals surface area contributed by atoms with E-state index >= 15 is 0 Å². The van der Waals surface area contributed by atoms with Crippen LogP contribution in [-0.2, 0) is 9.59 Å². The van der Waals surface area contributed by atoms with Crippen LogP contribution in [0.5, 0.6) is 11.5 Å². The van der Waals surface area contributed by atoms with Gasteiger partial charge in [0.25, 0.3) is 5.24 Å². The van der Waals surface area contributed by atoms with Gasteiger partial charge < -0.3 is 15.2 Å². The number of thioether (sulfide) groups is 1. The lowest BCUT2D eigenvalue weighted by Gasteiger charge is -2.14. The third kappa shape index (κ3) is 4.28. The number of ether oxygens (including phenoxy) is 1. The quantitative estimate of drug-likeness (QED) is 0.718. The van der Waals surface area contributed by atoms with Crippen LogP contribution in [0.1, 0.15) is 18.9 Å². The number of amides is 3. The number of hydrogen-bond acceptors (Lipinski definition) is 6. The van der Waals surface area contributed by atoms with E-state index in [2.05, 4.69) is 5.32 Å². The molecule has 1 atom stereocenters. The van der Waals surface area contributed by atoms with Crippen LogP contribution in [-0.4, -0.2) is 34.0 Å². The van der Waals surface area contributed by atoms with Crippen molar-refractivity contribution >= 4 is 40.2 Å². The number of nitrogens with zero attached hydrogens (tertiary/aromatic N) is 1. The summed E-state index contributed by atoms with van der Waals surface area (Å²) in [6.45, 7) is 4.22. The highest BCUT2D eigenvalue weighted by molar-refractivity contribution is 8.15. The van der Waals surface area contributed by atoms with E-state index in [1.54, 1.807) is 36.4 Å². The van der Waals surface area contributed by atoms with Gasteiger partial charge in [0.05, 0.1) is 18.0 Å². The molecule has 1 fully saturated rings. The lowest BCUT2D eigenvalue weighted by Crippen LogP contribution is -2.32. The first-order valence-corrected chi connectivity index (χ1v) is 9.64. The van der Waals surface area contributed by atoms with Crippen molar-refractivity contribution in [1.82, 2.24) is 0 Å². The van der Waals surface area contributed by atoms with Gasteiger partial charge in [0, 0.05) is 6.42 Å². The molecule has 0 aromatic heterocycles. The van der Waals surface area contributed by atoms with Crippen LogP contribution in [0.3, 0.4) is 0 Å². The molecule has 3 rings (SSSR count). The molecule has 8 heteroatoms. The maximum absolute atomic E-state index is 12.7. The molecule has 0 saturated carbocycles. The molecule has 0 aliphatic carbocycles. The smallest absolute Gasteiger partial charge is 0.293 e. The second-order valence-corrected chi connectivity index (χ2v) is 7.40. The van der Waals surface area contributed by atoms with Crippen LogP contribution in [0, 0.1) is 6.92 Å². The number of carbonyl (C=O) groups excluding carboxylic acids is 3. The van der Waals surface area contributed by atoms with E-state index in [1.165, 1.54) is 6.07 Å². The number of phenols is 1. The maximum Gasteiger partial charge on any atom is 0.293 e. The maximum atomic E-state index is 12.7. The Morgan fingerprint density at radius 3 is 2.61 bits per heavy atom. The standard InChI is InChI=1S/C20H20N2O5S/c1-3-27-14-7-5-13(6-8-14)22-19(25)17(28-20(22)26)11-18(24)21-15-10-12(2)4-9-16(15)23/h4-10,17,23H,3,11H2,1-2H3,(H,21,24). The van der Waals surface area contributed by atoms with Crippen molar-refractivity contribution in [2.45, 2.75) is 25.5 Å². The van der Waals surface area contributed by atoms with Crippen molar-refractivity contribution in [3.63, 3.8) is 0 Å². The van der Waals surface area contributed by atoms with E-state index in [4.69, 9.17) is 4.74 Å². The Balaban J connectivity index is 1.67. The van der Waals surface area contributed by atoms with Gasteiger partial charge in [0.15, 0.2) is 0 Å². The number of aromatic hydroxyl groups is 1. The molecule has 1 heterocycles. The third-order valence-corrected chi connectivity index (χ3v) is 5.16. The molecule has 2 aromatic carbocycles. The molecular formula is C20H20N2O5S. The van der Waals surface area contributed by atoms with E-state index < -0.39 is 22.3 Å². The Bertz CT molecular complexity index is 913. The van der Waals surface area contributed by atoms with Crippen LogP contribution >= 0.6 is 11.8 Å². The van der Waals surface area contributed by atoms with Gasteiger partial charge in [-0.2, -0.15) is 0 Å². The zero-order valence-corrected chi connectivity index (χ0v) is 16.3. The highest BCUT2D eigenvalue weighted by Gasteiger charge is 2.41. The molecule has 2 N–H and O–H groups in total. The van der Waals surface area contributed by atoms with Gasteiger partial charge in [-0.15, -0.1) is 0 Å². The number of anilines is 2. The first kappa shape index (κ1) is 19.8. The van der Waals surface area contributed by atoms with Crippen molar-refractivity contribution in [3.8, 4) is 11.5 Å². The molecule has 2 aromatic rings. The number of imide groups is 1. The zero-order valence-electron chi connectivity index (χ0n) is 15.5. The summed E-state index contributed by atoms with van der Waals surface area (Å²) in [6.07, 6.45) is -0.170. The third-order valence-electron chi connectivity index (χ3n) is 4.12. The van der Waals surface area contributed by atoms with Crippen molar-refractivity contribution in [2.75, 3.05) is 16.8 Å². The van der Waals surface area contributed by atoms with Crippen molar-refractivity contribution < 1.29 is 24.2 Å². The predicted molar refractivity (Wildman–Crippen MR) is 108 cm³/mol. The number of rotatable bonds is 6. The normalized spacial score (nSPS) is 16.4. The topological polar surface area (TPSA) is 95.9 Å². The highest BCUT2D eigenvalue weighted by Crippen LogP contribution is 2.34. The monoisotopic (exact) mass is 400 g/mol. The lowest BCUT2D eigenvalue weighted by atomic mass is 10.2. The molecule has 3 amide bonds. The number of benzene rings is 2. The summed E-state index contributed by atoms with van der Waals surface area (Å²) in [5.41, 5.74) is 1.58. The van der Waals surface area contributed by atoms with Crippen LogP contribution in [0.2, 0.25) is 0 Å². The van der Waals surface area contributed by atoms with Gasteiger partial charge in [-0.25, -0.2) is 4.90 Å². The molecule has 7 nitrogen and oxygen atoms in total. The number of phenolic OH excluding ortho intramolecular Hbond substituents is 1. The molecule has 0 radical (unpaired) electrons. The Kier molecular flexibility index (Phi) is 5.89. The minimum Gasteiger partial charge on any atom is -0.506 e. The van der Waals surface area contributed by atoms with Gasteiger partial charge in [0.2, 0.25) is 11.8 Å². The van der Waals surface area contributed by atoms with E-state index in [0.717, 1.165) is 22.2 Å². The molecule has 146 valence electrons. The van der Waals surface area contributed by atoms with Gasteiger partial charge in [-0.3, -0.25) is 14.4 Å². The van der Waals surface area contributed by atoms with E-state index in [9.17, 15) is 19.5 Å². The molecule has 1 aliphatic rings. The van der Waals surface area contributed by atoms with Crippen LogP contribution in [0.4, 0.5) is 16.2 Å². The number of aryl methyl sites for hydroxylation is 1. The Morgan fingerprint density at radius 1 is 1.21 bits per heavy atom. The Labute approximate surface area is 166 Å². The molecule has 0 bridgehead atoms. The summed E-state index contributed by atoms with van der Waals surface area (Å²) in [7, 11) is 0. The summed E-state index contributed by atoms with van der Waals surface area (Å²) >= 11 is 0.820. The van der Waals surface area contributed by atoms with Gasteiger partial charge >= 0.3 is 0 Å². The van der Waals surface area contributed by atoms with Crippen LogP contribution in [0.25, 0.3) is 0 Å².